The molecule has 1 aliphatic carbocycles. The van der Waals surface area contributed by atoms with Gasteiger partial charge in [-0.3, -0.25) is 9.59 Å². The zero-order valence-electron chi connectivity index (χ0n) is 17.8. The number of carbonyl (C=O) groups excluding carboxylic acids is 2. The van der Waals surface area contributed by atoms with Crippen molar-refractivity contribution in [3.8, 4) is 5.75 Å². The SMILES string of the molecule is COc1cc(NC(=O)CC(=O)N[C@H]2CC[C@H](N(C)C(C)C)CC2)cc(C(F)(F)F)c1. The van der Waals surface area contributed by atoms with Crippen molar-refractivity contribution >= 4 is 17.5 Å². The lowest BCUT2D eigenvalue weighted by molar-refractivity contribution is -0.137. The van der Waals surface area contributed by atoms with E-state index < -0.39 is 30.0 Å². The number of rotatable bonds is 7. The fourth-order valence-electron chi connectivity index (χ4n) is 3.63. The molecule has 0 atom stereocenters. The minimum Gasteiger partial charge on any atom is -0.497 e. The molecular formula is C21H30F3N3O3. The minimum absolute atomic E-state index is 0.00997. The van der Waals surface area contributed by atoms with Crippen LogP contribution in [0.25, 0.3) is 0 Å². The van der Waals surface area contributed by atoms with Crippen molar-refractivity contribution in [3.05, 3.63) is 23.8 Å². The van der Waals surface area contributed by atoms with Crippen LogP contribution >= 0.6 is 0 Å². The summed E-state index contributed by atoms with van der Waals surface area (Å²) in [6.45, 7) is 4.29. The van der Waals surface area contributed by atoms with E-state index in [2.05, 4.69) is 36.4 Å². The molecular weight excluding hydrogens is 399 g/mol. The Morgan fingerprint density at radius 1 is 1.13 bits per heavy atom. The van der Waals surface area contributed by atoms with Crippen molar-refractivity contribution in [3.63, 3.8) is 0 Å². The van der Waals surface area contributed by atoms with E-state index in [4.69, 9.17) is 4.74 Å². The predicted octanol–water partition coefficient (Wildman–Crippen LogP) is 3.81. The lowest BCUT2D eigenvalue weighted by Crippen LogP contribution is -2.45. The van der Waals surface area contributed by atoms with Gasteiger partial charge in [0, 0.05) is 29.9 Å². The van der Waals surface area contributed by atoms with E-state index in [1.807, 2.05) is 0 Å². The summed E-state index contributed by atoms with van der Waals surface area (Å²) in [5, 5.41) is 5.20. The summed E-state index contributed by atoms with van der Waals surface area (Å²) in [5.41, 5.74) is -1.01. The smallest absolute Gasteiger partial charge is 0.416 e. The van der Waals surface area contributed by atoms with E-state index >= 15 is 0 Å². The molecule has 0 unspecified atom stereocenters. The van der Waals surface area contributed by atoms with Gasteiger partial charge in [0.15, 0.2) is 0 Å². The molecule has 0 bridgehead atoms. The van der Waals surface area contributed by atoms with Gasteiger partial charge in [0.05, 0.1) is 12.7 Å². The molecule has 0 saturated heterocycles. The lowest BCUT2D eigenvalue weighted by atomic mass is 9.89. The zero-order chi connectivity index (χ0) is 22.5. The number of nitrogens with zero attached hydrogens (tertiary/aromatic N) is 1. The molecule has 30 heavy (non-hydrogen) atoms. The van der Waals surface area contributed by atoms with Gasteiger partial charge in [-0.15, -0.1) is 0 Å². The molecule has 1 aromatic carbocycles. The Labute approximate surface area is 175 Å². The van der Waals surface area contributed by atoms with E-state index in [9.17, 15) is 22.8 Å². The Balaban J connectivity index is 1.86. The number of alkyl halides is 3. The van der Waals surface area contributed by atoms with Gasteiger partial charge in [-0.05, 0) is 58.7 Å². The minimum atomic E-state index is -4.58. The fourth-order valence-corrected chi connectivity index (χ4v) is 3.63. The Hall–Kier alpha value is -2.29. The van der Waals surface area contributed by atoms with E-state index in [-0.39, 0.29) is 17.5 Å². The van der Waals surface area contributed by atoms with E-state index in [1.54, 1.807) is 0 Å². The molecule has 2 N–H and O–H groups in total. The molecule has 0 spiro atoms. The van der Waals surface area contributed by atoms with E-state index in [1.165, 1.54) is 13.2 Å². The van der Waals surface area contributed by atoms with Crippen LogP contribution in [0.2, 0.25) is 0 Å². The quantitative estimate of drug-likeness (QED) is 0.647. The number of amides is 2. The maximum atomic E-state index is 13.0. The second kappa shape index (κ2) is 10.1. The van der Waals surface area contributed by atoms with Gasteiger partial charge in [0.1, 0.15) is 12.2 Å². The van der Waals surface area contributed by atoms with Gasteiger partial charge in [0.2, 0.25) is 11.8 Å². The maximum Gasteiger partial charge on any atom is 0.416 e. The molecule has 1 aliphatic rings. The van der Waals surface area contributed by atoms with Crippen LogP contribution in [0.3, 0.4) is 0 Å². The highest BCUT2D eigenvalue weighted by molar-refractivity contribution is 6.03. The van der Waals surface area contributed by atoms with Crippen LogP contribution in [0.4, 0.5) is 18.9 Å². The monoisotopic (exact) mass is 429 g/mol. The molecule has 0 radical (unpaired) electrons. The summed E-state index contributed by atoms with van der Waals surface area (Å²) in [6.07, 6.45) is -1.43. The number of methoxy groups -OCH3 is 1. The summed E-state index contributed by atoms with van der Waals surface area (Å²) in [4.78, 5) is 26.7. The average molecular weight is 429 g/mol. The third-order valence-electron chi connectivity index (χ3n) is 5.53. The second-order valence-electron chi connectivity index (χ2n) is 8.01. The Morgan fingerprint density at radius 3 is 2.30 bits per heavy atom. The van der Waals surface area contributed by atoms with Gasteiger partial charge in [-0.1, -0.05) is 0 Å². The topological polar surface area (TPSA) is 70.7 Å². The van der Waals surface area contributed by atoms with E-state index in [0.717, 1.165) is 37.8 Å². The Bertz CT molecular complexity index is 745. The molecule has 1 fully saturated rings. The molecule has 0 aliphatic heterocycles. The van der Waals surface area contributed by atoms with Crippen molar-refractivity contribution in [1.29, 1.82) is 0 Å². The standard InChI is InChI=1S/C21H30F3N3O3/c1-13(2)27(3)17-7-5-15(6-8-17)25-19(28)12-20(29)26-16-9-14(21(22,23)24)10-18(11-16)30-4/h9-11,13,15,17H,5-8,12H2,1-4H3,(H,25,28)(H,26,29)/t15-,17-. The van der Waals surface area contributed by atoms with Gasteiger partial charge in [-0.25, -0.2) is 0 Å². The molecule has 1 saturated carbocycles. The van der Waals surface area contributed by atoms with Crippen LogP contribution in [-0.2, 0) is 15.8 Å². The van der Waals surface area contributed by atoms with Crippen LogP contribution in [0.1, 0.15) is 51.5 Å². The highest BCUT2D eigenvalue weighted by Gasteiger charge is 2.32. The number of ether oxygens (including phenoxy) is 1. The van der Waals surface area contributed by atoms with Crippen molar-refractivity contribution in [2.75, 3.05) is 19.5 Å². The molecule has 168 valence electrons. The summed E-state index contributed by atoms with van der Waals surface area (Å²) in [6, 6.07) is 3.88. The molecule has 6 nitrogen and oxygen atoms in total. The largest absolute Gasteiger partial charge is 0.497 e. The predicted molar refractivity (Wildman–Crippen MR) is 108 cm³/mol. The first-order chi connectivity index (χ1) is 14.0. The number of halogens is 3. The maximum absolute atomic E-state index is 13.0. The van der Waals surface area contributed by atoms with Gasteiger partial charge in [0.25, 0.3) is 0 Å². The van der Waals surface area contributed by atoms with Gasteiger partial charge >= 0.3 is 6.18 Å². The van der Waals surface area contributed by atoms with Crippen LogP contribution in [-0.4, -0.2) is 49.0 Å². The summed E-state index contributed by atoms with van der Waals surface area (Å²) >= 11 is 0. The average Bonchev–Trinajstić information content (AvgIpc) is 2.66. The first-order valence-corrected chi connectivity index (χ1v) is 10.1. The molecule has 2 rings (SSSR count). The molecule has 2 amide bonds. The Kier molecular flexibility index (Phi) is 8.11. The van der Waals surface area contributed by atoms with Crippen LogP contribution < -0.4 is 15.4 Å². The Morgan fingerprint density at radius 2 is 1.77 bits per heavy atom. The summed E-state index contributed by atoms with van der Waals surface area (Å²) < 4.78 is 43.8. The van der Waals surface area contributed by atoms with Crippen molar-refractivity contribution in [2.45, 2.75) is 70.3 Å². The first kappa shape index (κ1) is 24.0. The first-order valence-electron chi connectivity index (χ1n) is 10.1. The summed E-state index contributed by atoms with van der Waals surface area (Å²) in [5.74, 6) is -1.15. The molecule has 1 aromatic rings. The lowest BCUT2D eigenvalue weighted by Gasteiger charge is -2.37. The number of benzene rings is 1. The van der Waals surface area contributed by atoms with Crippen molar-refractivity contribution in [2.24, 2.45) is 0 Å². The fraction of sp³-hybridized carbons (Fsp3) is 0.619. The number of hydrogen-bond donors (Lipinski definition) is 2. The van der Waals surface area contributed by atoms with Crippen molar-refractivity contribution in [1.82, 2.24) is 10.2 Å². The summed E-state index contributed by atoms with van der Waals surface area (Å²) in [7, 11) is 3.34. The van der Waals surface area contributed by atoms with Crippen LogP contribution in [0.5, 0.6) is 5.75 Å². The molecule has 0 heterocycles. The second-order valence-corrected chi connectivity index (χ2v) is 8.01. The van der Waals surface area contributed by atoms with Crippen LogP contribution in [0.15, 0.2) is 18.2 Å². The van der Waals surface area contributed by atoms with Gasteiger partial charge in [-0.2, -0.15) is 13.2 Å². The van der Waals surface area contributed by atoms with Crippen LogP contribution in [0, 0.1) is 0 Å². The van der Waals surface area contributed by atoms with Gasteiger partial charge < -0.3 is 20.3 Å². The third-order valence-corrected chi connectivity index (χ3v) is 5.53. The normalized spacial score (nSPS) is 19.6. The highest BCUT2D eigenvalue weighted by Crippen LogP contribution is 2.34. The number of nitrogens with one attached hydrogen (secondary N) is 2. The molecule has 0 aromatic heterocycles. The van der Waals surface area contributed by atoms with E-state index in [0.29, 0.717) is 12.1 Å². The molecule has 9 heteroatoms. The van der Waals surface area contributed by atoms with Crippen molar-refractivity contribution < 1.29 is 27.5 Å². The number of carbonyl (C=O) groups is 2. The zero-order valence-corrected chi connectivity index (χ0v) is 17.8. The highest BCUT2D eigenvalue weighted by atomic mass is 19.4. The third kappa shape index (κ3) is 6.90. The number of anilines is 1. The number of hydrogen-bond acceptors (Lipinski definition) is 4.